The molecule has 1 aromatic carbocycles. The van der Waals surface area contributed by atoms with Crippen LogP contribution in [0.2, 0.25) is 0 Å². The van der Waals surface area contributed by atoms with Crippen LogP contribution in [0.25, 0.3) is 0 Å². The summed E-state index contributed by atoms with van der Waals surface area (Å²) in [6.07, 6.45) is 0.386. The van der Waals surface area contributed by atoms with Crippen LogP contribution < -0.4 is 0 Å². The summed E-state index contributed by atoms with van der Waals surface area (Å²) in [7, 11) is 0. The summed E-state index contributed by atoms with van der Waals surface area (Å²) in [6.45, 7) is 2.94. The molecule has 0 fully saturated rings. The molecule has 0 bridgehead atoms. The fraction of sp³-hybridized carbons (Fsp3) is 0.300. The molecule has 13 heavy (non-hydrogen) atoms. The largest absolute Gasteiger partial charge is 0.378 e. The number of halogens is 1. The maximum Gasteiger partial charge on any atom is 0.155 e. The summed E-state index contributed by atoms with van der Waals surface area (Å²) in [5, 5.41) is 9.48. The Bertz CT molecular complexity index is 332. The molecular weight excluding hydrogens is 171 g/mol. The Morgan fingerprint density at radius 2 is 2.15 bits per heavy atom. The summed E-state index contributed by atoms with van der Waals surface area (Å²) in [5.74, 6) is -0.417. The fourth-order valence-electron chi connectivity index (χ4n) is 0.976. The molecule has 0 aliphatic rings. The first-order valence-corrected chi connectivity index (χ1v) is 3.93. The Labute approximate surface area is 76.0 Å². The quantitative estimate of drug-likeness (QED) is 0.704. The van der Waals surface area contributed by atoms with Gasteiger partial charge in [-0.25, -0.2) is 4.39 Å². The van der Waals surface area contributed by atoms with E-state index in [2.05, 4.69) is 0 Å². The zero-order valence-electron chi connectivity index (χ0n) is 7.54. The van der Waals surface area contributed by atoms with E-state index in [1.807, 2.05) is 0 Å². The number of benzene rings is 1. The third-order valence-corrected chi connectivity index (χ3v) is 1.99. The molecular formula is C10H11FO2. The lowest BCUT2D eigenvalue weighted by molar-refractivity contribution is -0.123. The lowest BCUT2D eigenvalue weighted by atomic mass is 9.97. The van der Waals surface area contributed by atoms with E-state index in [9.17, 15) is 14.3 Å². The predicted molar refractivity (Wildman–Crippen MR) is 46.8 cm³/mol. The molecule has 0 saturated carbocycles. The van der Waals surface area contributed by atoms with E-state index < -0.39 is 11.4 Å². The van der Waals surface area contributed by atoms with E-state index in [1.165, 1.54) is 25.1 Å². The molecule has 2 nitrogen and oxygen atoms in total. The van der Waals surface area contributed by atoms with E-state index >= 15 is 0 Å². The van der Waals surface area contributed by atoms with Gasteiger partial charge in [0.2, 0.25) is 0 Å². The molecule has 0 aliphatic carbocycles. The summed E-state index contributed by atoms with van der Waals surface area (Å²) in [5.41, 5.74) is -0.842. The van der Waals surface area contributed by atoms with Crippen LogP contribution in [0.1, 0.15) is 18.1 Å². The van der Waals surface area contributed by atoms with Crippen LogP contribution in [0.3, 0.4) is 0 Å². The van der Waals surface area contributed by atoms with E-state index in [-0.39, 0.29) is 5.56 Å². The molecule has 0 spiro atoms. The van der Waals surface area contributed by atoms with Crippen LogP contribution in [-0.2, 0) is 10.4 Å². The maximum absolute atomic E-state index is 13.0. The van der Waals surface area contributed by atoms with Gasteiger partial charge in [0, 0.05) is 0 Å². The van der Waals surface area contributed by atoms with Gasteiger partial charge in [-0.15, -0.1) is 0 Å². The highest BCUT2D eigenvalue weighted by Crippen LogP contribution is 2.20. The van der Waals surface area contributed by atoms with Crippen molar-refractivity contribution in [2.75, 3.05) is 0 Å². The second-order valence-corrected chi connectivity index (χ2v) is 3.23. The van der Waals surface area contributed by atoms with Crippen molar-refractivity contribution in [1.29, 1.82) is 0 Å². The molecule has 1 unspecified atom stereocenters. The van der Waals surface area contributed by atoms with Crippen LogP contribution in [0.15, 0.2) is 18.2 Å². The molecule has 0 radical (unpaired) electrons. The van der Waals surface area contributed by atoms with Crippen molar-refractivity contribution in [3.05, 3.63) is 35.1 Å². The van der Waals surface area contributed by atoms with Crippen LogP contribution in [0, 0.1) is 12.7 Å². The summed E-state index contributed by atoms with van der Waals surface area (Å²) >= 11 is 0. The Hall–Kier alpha value is -1.22. The molecule has 1 rings (SSSR count). The third kappa shape index (κ3) is 1.92. The Balaban J connectivity index is 3.18. The fourth-order valence-corrected chi connectivity index (χ4v) is 0.976. The summed E-state index contributed by atoms with van der Waals surface area (Å²) < 4.78 is 13.0. The van der Waals surface area contributed by atoms with Gasteiger partial charge in [0.15, 0.2) is 6.29 Å². The Morgan fingerprint density at radius 1 is 1.54 bits per heavy atom. The SMILES string of the molecule is Cc1ccc(C(C)(O)C=O)cc1F. The van der Waals surface area contributed by atoms with Gasteiger partial charge in [0.05, 0.1) is 0 Å². The molecule has 0 aromatic heterocycles. The minimum atomic E-state index is -1.60. The molecule has 1 atom stereocenters. The number of hydrogen-bond acceptors (Lipinski definition) is 2. The molecule has 0 heterocycles. The van der Waals surface area contributed by atoms with Gasteiger partial charge in [-0.1, -0.05) is 12.1 Å². The first-order chi connectivity index (χ1) is 5.97. The van der Waals surface area contributed by atoms with Crippen molar-refractivity contribution in [3.63, 3.8) is 0 Å². The summed E-state index contributed by atoms with van der Waals surface area (Å²) in [6, 6.07) is 4.24. The normalized spacial score (nSPS) is 15.1. The molecule has 0 amide bonds. The van der Waals surface area contributed by atoms with Gasteiger partial charge in [0.25, 0.3) is 0 Å². The summed E-state index contributed by atoms with van der Waals surface area (Å²) in [4.78, 5) is 10.5. The van der Waals surface area contributed by atoms with Gasteiger partial charge in [-0.05, 0) is 31.0 Å². The maximum atomic E-state index is 13.0. The number of hydrogen-bond donors (Lipinski definition) is 1. The van der Waals surface area contributed by atoms with Crippen molar-refractivity contribution < 1.29 is 14.3 Å². The van der Waals surface area contributed by atoms with Crippen LogP contribution in [0.4, 0.5) is 4.39 Å². The Kier molecular flexibility index (Phi) is 2.48. The number of aldehydes is 1. The molecule has 70 valence electrons. The van der Waals surface area contributed by atoms with Crippen molar-refractivity contribution in [1.82, 2.24) is 0 Å². The highest BCUT2D eigenvalue weighted by Gasteiger charge is 2.22. The lowest BCUT2D eigenvalue weighted by Crippen LogP contribution is -2.22. The molecule has 0 saturated heterocycles. The van der Waals surface area contributed by atoms with Crippen LogP contribution in [0.5, 0.6) is 0 Å². The molecule has 3 heteroatoms. The van der Waals surface area contributed by atoms with Gasteiger partial charge in [-0.2, -0.15) is 0 Å². The highest BCUT2D eigenvalue weighted by atomic mass is 19.1. The van der Waals surface area contributed by atoms with E-state index in [0.29, 0.717) is 11.8 Å². The van der Waals surface area contributed by atoms with E-state index in [0.717, 1.165) is 0 Å². The minimum Gasteiger partial charge on any atom is -0.378 e. The average Bonchev–Trinajstić information content (AvgIpc) is 2.09. The lowest BCUT2D eigenvalue weighted by Gasteiger charge is -2.16. The second kappa shape index (κ2) is 3.26. The van der Waals surface area contributed by atoms with Crippen molar-refractivity contribution >= 4 is 6.29 Å². The highest BCUT2D eigenvalue weighted by molar-refractivity contribution is 5.65. The van der Waals surface area contributed by atoms with Crippen molar-refractivity contribution in [2.45, 2.75) is 19.4 Å². The van der Waals surface area contributed by atoms with E-state index in [4.69, 9.17) is 0 Å². The number of aliphatic hydroxyl groups is 1. The van der Waals surface area contributed by atoms with Gasteiger partial charge < -0.3 is 5.11 Å². The van der Waals surface area contributed by atoms with Crippen LogP contribution in [-0.4, -0.2) is 11.4 Å². The smallest absolute Gasteiger partial charge is 0.155 e. The van der Waals surface area contributed by atoms with Gasteiger partial charge >= 0.3 is 0 Å². The second-order valence-electron chi connectivity index (χ2n) is 3.23. The first-order valence-electron chi connectivity index (χ1n) is 3.93. The van der Waals surface area contributed by atoms with Gasteiger partial charge in [-0.3, -0.25) is 4.79 Å². The molecule has 1 N–H and O–H groups in total. The average molecular weight is 182 g/mol. The molecule has 0 aliphatic heterocycles. The van der Waals surface area contributed by atoms with E-state index in [1.54, 1.807) is 6.92 Å². The van der Waals surface area contributed by atoms with Crippen LogP contribution >= 0.6 is 0 Å². The zero-order chi connectivity index (χ0) is 10.1. The number of rotatable bonds is 2. The number of carbonyl (C=O) groups excluding carboxylic acids is 1. The minimum absolute atomic E-state index is 0.269. The Morgan fingerprint density at radius 3 is 2.62 bits per heavy atom. The van der Waals surface area contributed by atoms with Crippen molar-refractivity contribution in [2.24, 2.45) is 0 Å². The topological polar surface area (TPSA) is 37.3 Å². The van der Waals surface area contributed by atoms with Crippen molar-refractivity contribution in [3.8, 4) is 0 Å². The monoisotopic (exact) mass is 182 g/mol. The number of carbonyl (C=O) groups is 1. The standard InChI is InChI=1S/C10H11FO2/c1-7-3-4-8(5-9(7)11)10(2,13)6-12/h3-6,13H,1-2H3. The first kappa shape index (κ1) is 9.86. The molecule has 1 aromatic rings. The number of aryl methyl sites for hydroxylation is 1. The third-order valence-electron chi connectivity index (χ3n) is 1.99. The van der Waals surface area contributed by atoms with Gasteiger partial charge in [0.1, 0.15) is 11.4 Å². The zero-order valence-corrected chi connectivity index (χ0v) is 7.54. The predicted octanol–water partition coefficient (Wildman–Crippen LogP) is 1.54.